The summed E-state index contributed by atoms with van der Waals surface area (Å²) in [6, 6.07) is 4.56. The third-order valence-electron chi connectivity index (χ3n) is 3.65. The molecule has 1 unspecified atom stereocenters. The lowest BCUT2D eigenvalue weighted by molar-refractivity contribution is 0.413. The zero-order valence-corrected chi connectivity index (χ0v) is 11.8. The highest BCUT2D eigenvalue weighted by Crippen LogP contribution is 2.37. The molecule has 0 spiro atoms. The van der Waals surface area contributed by atoms with E-state index >= 15 is 0 Å². The Labute approximate surface area is 114 Å². The maximum absolute atomic E-state index is 6.15. The lowest BCUT2D eigenvalue weighted by Crippen LogP contribution is -2.31. The van der Waals surface area contributed by atoms with Crippen molar-refractivity contribution in [2.75, 3.05) is 25.1 Å². The molecule has 0 bridgehead atoms. The number of benzene rings is 1. The first-order valence-electron chi connectivity index (χ1n) is 6.48. The number of halogens is 1. The third-order valence-corrected chi connectivity index (χ3v) is 4.05. The van der Waals surface area contributed by atoms with Crippen molar-refractivity contribution in [1.29, 1.82) is 0 Å². The van der Waals surface area contributed by atoms with Gasteiger partial charge in [0.15, 0.2) is 0 Å². The molecule has 1 saturated heterocycles. The number of ether oxygens (including phenoxy) is 1. The van der Waals surface area contributed by atoms with Crippen LogP contribution in [0.5, 0.6) is 5.75 Å². The van der Waals surface area contributed by atoms with Crippen molar-refractivity contribution in [2.24, 2.45) is 5.73 Å². The molecule has 1 aromatic carbocycles. The molecule has 4 heteroatoms. The Hall–Kier alpha value is -0.930. The van der Waals surface area contributed by atoms with Crippen LogP contribution in [0.15, 0.2) is 12.1 Å². The van der Waals surface area contributed by atoms with Gasteiger partial charge in [0.2, 0.25) is 0 Å². The van der Waals surface area contributed by atoms with E-state index in [4.69, 9.17) is 22.1 Å². The van der Waals surface area contributed by atoms with Gasteiger partial charge in [-0.2, -0.15) is 0 Å². The summed E-state index contributed by atoms with van der Waals surface area (Å²) in [5.41, 5.74) is 7.93. The molecule has 100 valence electrons. The molecule has 2 rings (SSSR count). The van der Waals surface area contributed by atoms with Crippen LogP contribution < -0.4 is 15.4 Å². The predicted octanol–water partition coefficient (Wildman–Crippen LogP) is 2.97. The van der Waals surface area contributed by atoms with Crippen LogP contribution in [0.25, 0.3) is 0 Å². The van der Waals surface area contributed by atoms with Crippen LogP contribution in [-0.4, -0.2) is 26.2 Å². The summed E-state index contributed by atoms with van der Waals surface area (Å²) in [6.07, 6.45) is 3.46. The Bertz CT molecular complexity index is 423. The van der Waals surface area contributed by atoms with E-state index in [0.29, 0.717) is 6.04 Å². The van der Waals surface area contributed by atoms with Crippen molar-refractivity contribution in [1.82, 2.24) is 0 Å². The fourth-order valence-electron chi connectivity index (χ4n) is 2.68. The smallest absolute Gasteiger partial charge is 0.143 e. The van der Waals surface area contributed by atoms with Crippen LogP contribution in [0, 0.1) is 6.92 Å². The zero-order chi connectivity index (χ0) is 13.1. The minimum atomic E-state index is 0.532. The number of nitrogens with zero attached hydrogens (tertiary/aromatic N) is 1. The van der Waals surface area contributed by atoms with Crippen molar-refractivity contribution < 1.29 is 4.74 Å². The molecule has 0 aromatic heterocycles. The summed E-state index contributed by atoms with van der Waals surface area (Å²) >= 11 is 6.15. The van der Waals surface area contributed by atoms with Gasteiger partial charge in [0.25, 0.3) is 0 Å². The maximum Gasteiger partial charge on any atom is 0.143 e. The molecule has 1 fully saturated rings. The summed E-state index contributed by atoms with van der Waals surface area (Å²) in [5, 5.41) is 0.755. The van der Waals surface area contributed by atoms with E-state index in [0.717, 1.165) is 41.5 Å². The molecule has 1 atom stereocenters. The van der Waals surface area contributed by atoms with Gasteiger partial charge in [0, 0.05) is 23.7 Å². The number of aryl methyl sites for hydroxylation is 1. The summed E-state index contributed by atoms with van der Waals surface area (Å²) in [4.78, 5) is 2.41. The summed E-state index contributed by atoms with van der Waals surface area (Å²) in [6.45, 7) is 3.83. The number of anilines is 1. The average molecular weight is 269 g/mol. The first kappa shape index (κ1) is 13.5. The predicted molar refractivity (Wildman–Crippen MR) is 76.8 cm³/mol. The van der Waals surface area contributed by atoms with Crippen LogP contribution in [0.1, 0.15) is 24.8 Å². The third kappa shape index (κ3) is 2.57. The fraction of sp³-hybridized carbons (Fsp3) is 0.571. The van der Waals surface area contributed by atoms with Gasteiger partial charge in [-0.15, -0.1) is 0 Å². The summed E-state index contributed by atoms with van der Waals surface area (Å²) in [7, 11) is 1.69. The lowest BCUT2D eigenvalue weighted by atomic mass is 10.1. The van der Waals surface area contributed by atoms with Crippen molar-refractivity contribution in [2.45, 2.75) is 32.2 Å². The first-order valence-corrected chi connectivity index (χ1v) is 6.86. The minimum Gasteiger partial charge on any atom is -0.495 e. The number of methoxy groups -OCH3 is 1. The number of nitrogens with two attached hydrogens (primary N) is 1. The van der Waals surface area contributed by atoms with Crippen LogP contribution >= 0.6 is 11.6 Å². The molecule has 3 nitrogen and oxygen atoms in total. The quantitative estimate of drug-likeness (QED) is 0.912. The van der Waals surface area contributed by atoms with Gasteiger partial charge in [-0.25, -0.2) is 0 Å². The van der Waals surface area contributed by atoms with E-state index in [9.17, 15) is 0 Å². The molecule has 1 aliphatic rings. The number of rotatable bonds is 4. The van der Waals surface area contributed by atoms with Gasteiger partial charge in [0.05, 0.1) is 12.8 Å². The second-order valence-corrected chi connectivity index (χ2v) is 5.25. The zero-order valence-electron chi connectivity index (χ0n) is 11.1. The molecular weight excluding hydrogens is 248 g/mol. The number of hydrogen-bond acceptors (Lipinski definition) is 3. The van der Waals surface area contributed by atoms with Crippen LogP contribution in [0.4, 0.5) is 5.69 Å². The van der Waals surface area contributed by atoms with Crippen molar-refractivity contribution in [3.63, 3.8) is 0 Å². The van der Waals surface area contributed by atoms with Crippen molar-refractivity contribution >= 4 is 17.3 Å². The Kier molecular flexibility index (Phi) is 4.36. The van der Waals surface area contributed by atoms with Crippen LogP contribution in [0.2, 0.25) is 5.02 Å². The average Bonchev–Trinajstić information content (AvgIpc) is 2.80. The van der Waals surface area contributed by atoms with E-state index < -0.39 is 0 Å². The molecule has 2 N–H and O–H groups in total. The van der Waals surface area contributed by atoms with Gasteiger partial charge in [-0.3, -0.25) is 0 Å². The van der Waals surface area contributed by atoms with Gasteiger partial charge in [0.1, 0.15) is 5.75 Å². The van der Waals surface area contributed by atoms with E-state index in [1.165, 1.54) is 12.8 Å². The maximum atomic E-state index is 6.15. The molecule has 18 heavy (non-hydrogen) atoms. The molecule has 1 aromatic rings. The fourth-order valence-corrected chi connectivity index (χ4v) is 2.83. The second kappa shape index (κ2) is 5.81. The van der Waals surface area contributed by atoms with Crippen molar-refractivity contribution in [3.8, 4) is 5.75 Å². The molecular formula is C14H21ClN2O. The molecule has 0 aliphatic carbocycles. The standard InChI is InChI=1S/C14H21ClN2O/c1-10-8-13(14(18-2)9-12(10)15)17-7-3-4-11(17)5-6-16/h8-9,11H,3-7,16H2,1-2H3. The highest BCUT2D eigenvalue weighted by Gasteiger charge is 2.26. The molecule has 0 saturated carbocycles. The van der Waals surface area contributed by atoms with Gasteiger partial charge < -0.3 is 15.4 Å². The Morgan fingerprint density at radius 3 is 2.94 bits per heavy atom. The number of hydrogen-bond donors (Lipinski definition) is 1. The Balaban J connectivity index is 2.34. The van der Waals surface area contributed by atoms with Crippen molar-refractivity contribution in [3.05, 3.63) is 22.7 Å². The lowest BCUT2D eigenvalue weighted by Gasteiger charge is -2.28. The summed E-state index contributed by atoms with van der Waals surface area (Å²) < 4.78 is 5.46. The van der Waals surface area contributed by atoms with E-state index in [2.05, 4.69) is 11.0 Å². The highest BCUT2D eigenvalue weighted by atomic mass is 35.5. The van der Waals surface area contributed by atoms with Gasteiger partial charge in [-0.1, -0.05) is 11.6 Å². The monoisotopic (exact) mass is 268 g/mol. The van der Waals surface area contributed by atoms with Gasteiger partial charge in [-0.05, 0) is 44.4 Å². The summed E-state index contributed by atoms with van der Waals surface area (Å²) in [5.74, 6) is 0.856. The topological polar surface area (TPSA) is 38.5 Å². The van der Waals surface area contributed by atoms with E-state index in [1.54, 1.807) is 7.11 Å². The van der Waals surface area contributed by atoms with E-state index in [1.807, 2.05) is 13.0 Å². The normalized spacial score (nSPS) is 19.3. The molecule has 0 radical (unpaired) electrons. The highest BCUT2D eigenvalue weighted by molar-refractivity contribution is 6.31. The molecule has 1 heterocycles. The second-order valence-electron chi connectivity index (χ2n) is 4.84. The largest absolute Gasteiger partial charge is 0.495 e. The first-order chi connectivity index (χ1) is 8.67. The van der Waals surface area contributed by atoms with Crippen LogP contribution in [-0.2, 0) is 0 Å². The Morgan fingerprint density at radius 2 is 2.28 bits per heavy atom. The van der Waals surface area contributed by atoms with E-state index in [-0.39, 0.29) is 0 Å². The van der Waals surface area contributed by atoms with Crippen LogP contribution in [0.3, 0.4) is 0 Å². The Morgan fingerprint density at radius 1 is 1.50 bits per heavy atom. The molecule has 0 amide bonds. The molecule has 1 aliphatic heterocycles. The minimum absolute atomic E-state index is 0.532. The SMILES string of the molecule is COc1cc(Cl)c(C)cc1N1CCCC1CCN. The van der Waals surface area contributed by atoms with Gasteiger partial charge >= 0.3 is 0 Å².